The number of hydrogen-bond donors (Lipinski definition) is 2. The van der Waals surface area contributed by atoms with E-state index in [1.165, 1.54) is 12.1 Å². The summed E-state index contributed by atoms with van der Waals surface area (Å²) in [5.74, 6) is -1.02. The molecule has 2 fully saturated rings. The molecule has 1 amide bonds. The Morgan fingerprint density at radius 1 is 1.10 bits per heavy atom. The fourth-order valence-electron chi connectivity index (χ4n) is 5.43. The van der Waals surface area contributed by atoms with Gasteiger partial charge in [-0.05, 0) is 74.4 Å². The molecule has 0 radical (unpaired) electrons. The third-order valence-electron chi connectivity index (χ3n) is 8.03. The number of sulfone groups is 1. The maximum absolute atomic E-state index is 13.1. The van der Waals surface area contributed by atoms with Crippen LogP contribution in [-0.2, 0) is 21.2 Å². The quantitative estimate of drug-likeness (QED) is 0.332. The minimum Gasteiger partial charge on any atom is -0.394 e. The zero-order valence-electron chi connectivity index (χ0n) is 22.7. The number of carbonyl (C=O) groups excluding carboxylic acids is 1. The zero-order chi connectivity index (χ0) is 29.4. The van der Waals surface area contributed by atoms with Crippen LogP contribution in [-0.4, -0.2) is 53.6 Å². The van der Waals surface area contributed by atoms with Crippen molar-refractivity contribution in [1.29, 1.82) is 0 Å². The first-order chi connectivity index (χ1) is 19.5. The van der Waals surface area contributed by atoms with Gasteiger partial charge in [0.15, 0.2) is 9.84 Å². The van der Waals surface area contributed by atoms with Crippen LogP contribution in [0, 0.1) is 5.92 Å². The average Bonchev–Trinajstić information content (AvgIpc) is 3.74. The molecule has 1 aromatic heterocycles. The number of alkyl halides is 3. The highest BCUT2D eigenvalue weighted by Gasteiger charge is 2.41. The molecule has 2 aromatic carbocycles. The highest BCUT2D eigenvalue weighted by atomic mass is 32.2. The van der Waals surface area contributed by atoms with Crippen molar-refractivity contribution in [3.05, 3.63) is 59.4 Å². The fraction of sp³-hybridized carbons (Fsp3) is 0.517. The highest BCUT2D eigenvalue weighted by molar-refractivity contribution is 7.91. The van der Waals surface area contributed by atoms with Crippen LogP contribution in [0.5, 0.6) is 0 Å². The smallest absolute Gasteiger partial charge is 0.391 e. The van der Waals surface area contributed by atoms with Gasteiger partial charge in [0.1, 0.15) is 12.4 Å². The average molecular weight is 594 g/mol. The molecule has 3 aromatic rings. The maximum Gasteiger partial charge on any atom is 0.391 e. The van der Waals surface area contributed by atoms with Crippen LogP contribution in [0.2, 0.25) is 0 Å². The number of ether oxygens (including phenoxy) is 1. The van der Waals surface area contributed by atoms with E-state index in [1.807, 2.05) is 6.07 Å². The number of aliphatic hydroxyl groups is 1. The summed E-state index contributed by atoms with van der Waals surface area (Å²) in [6, 6.07) is 10.8. The number of carbonyl (C=O) groups is 1. The van der Waals surface area contributed by atoms with E-state index in [2.05, 4.69) is 9.88 Å². The first kappa shape index (κ1) is 29.5. The molecule has 5 rings (SSSR count). The van der Waals surface area contributed by atoms with E-state index >= 15 is 0 Å². The summed E-state index contributed by atoms with van der Waals surface area (Å²) >= 11 is 0. The van der Waals surface area contributed by atoms with Crippen molar-refractivity contribution >= 4 is 26.8 Å². The predicted molar refractivity (Wildman–Crippen MR) is 146 cm³/mol. The van der Waals surface area contributed by atoms with Gasteiger partial charge in [-0.2, -0.15) is 13.2 Å². The summed E-state index contributed by atoms with van der Waals surface area (Å²) < 4.78 is 71.3. The number of hydrogen-bond acceptors (Lipinski definition) is 6. The van der Waals surface area contributed by atoms with Crippen LogP contribution in [0.4, 0.5) is 13.2 Å². The molecule has 0 bridgehead atoms. The molecule has 0 saturated heterocycles. The SMILES string of the molecule is CCS(=O)(=O)c1ccc([C@H](CO)NC(=O)c2ccc3c(c2)nc(COC2CCC(C(F)(F)F)CC2)n3C2CC2)cc1. The number of nitrogens with one attached hydrogen (secondary N) is 1. The lowest BCUT2D eigenvalue weighted by molar-refractivity contribution is -0.188. The summed E-state index contributed by atoms with van der Waals surface area (Å²) in [6.45, 7) is 1.37. The van der Waals surface area contributed by atoms with Gasteiger partial charge in [-0.1, -0.05) is 19.1 Å². The molecule has 1 heterocycles. The summed E-state index contributed by atoms with van der Waals surface area (Å²) in [5.41, 5.74) is 2.38. The normalized spacial score (nSPS) is 20.7. The number of amides is 1. The Labute approximate surface area is 236 Å². The molecule has 2 aliphatic carbocycles. The summed E-state index contributed by atoms with van der Waals surface area (Å²) in [7, 11) is -3.36. The number of aromatic nitrogens is 2. The maximum atomic E-state index is 13.1. The molecule has 41 heavy (non-hydrogen) atoms. The lowest BCUT2D eigenvalue weighted by atomic mass is 9.87. The largest absolute Gasteiger partial charge is 0.394 e. The third kappa shape index (κ3) is 6.60. The lowest BCUT2D eigenvalue weighted by Gasteiger charge is -2.29. The highest BCUT2D eigenvalue weighted by Crippen LogP contribution is 2.40. The molecular weight excluding hydrogens is 559 g/mol. The van der Waals surface area contributed by atoms with E-state index in [9.17, 15) is 31.5 Å². The van der Waals surface area contributed by atoms with Crippen LogP contribution in [0.15, 0.2) is 47.4 Å². The standard InChI is InChI=1S/C29H34F3N3O5S/c1-2-41(38,39)23-12-3-18(4-13-23)25(16-36)34-28(37)19-5-14-26-24(15-19)33-27(35(26)21-8-9-21)17-40-22-10-6-20(7-11-22)29(30,31)32/h3-5,12-15,20-22,25,36H,2,6-11,16-17H2,1H3,(H,34,37)/t20?,22?,25-/m0/s1. The molecule has 2 saturated carbocycles. The number of imidazole rings is 1. The van der Waals surface area contributed by atoms with Crippen molar-refractivity contribution in [3.8, 4) is 0 Å². The Balaban J connectivity index is 1.28. The van der Waals surface area contributed by atoms with E-state index < -0.39 is 33.9 Å². The van der Waals surface area contributed by atoms with Crippen molar-refractivity contribution in [3.63, 3.8) is 0 Å². The molecule has 0 aliphatic heterocycles. The lowest BCUT2D eigenvalue weighted by Crippen LogP contribution is -2.30. The minimum absolute atomic E-state index is 0.0255. The third-order valence-corrected chi connectivity index (χ3v) is 9.78. The van der Waals surface area contributed by atoms with Gasteiger partial charge in [0.05, 0.1) is 46.4 Å². The number of fused-ring (bicyclic) bond motifs is 1. The van der Waals surface area contributed by atoms with Crippen molar-refractivity contribution in [2.24, 2.45) is 5.92 Å². The summed E-state index contributed by atoms with van der Waals surface area (Å²) in [4.78, 5) is 18.0. The topological polar surface area (TPSA) is 111 Å². The first-order valence-electron chi connectivity index (χ1n) is 13.9. The van der Waals surface area contributed by atoms with Crippen molar-refractivity contribution in [2.75, 3.05) is 12.4 Å². The van der Waals surface area contributed by atoms with Crippen molar-refractivity contribution in [1.82, 2.24) is 14.9 Å². The molecule has 2 aliphatic rings. The molecule has 222 valence electrons. The monoisotopic (exact) mass is 593 g/mol. The van der Waals surface area contributed by atoms with Crippen molar-refractivity contribution < 1.29 is 36.2 Å². The van der Waals surface area contributed by atoms with Gasteiger partial charge in [0.2, 0.25) is 0 Å². The molecule has 8 nitrogen and oxygen atoms in total. The Morgan fingerprint density at radius 3 is 2.37 bits per heavy atom. The van der Waals surface area contributed by atoms with Gasteiger partial charge in [0.25, 0.3) is 5.91 Å². The van der Waals surface area contributed by atoms with Gasteiger partial charge >= 0.3 is 6.18 Å². The number of benzene rings is 2. The molecule has 1 atom stereocenters. The Hall–Kier alpha value is -2.96. The second-order valence-electron chi connectivity index (χ2n) is 10.8. The van der Waals surface area contributed by atoms with Crippen LogP contribution in [0.25, 0.3) is 11.0 Å². The van der Waals surface area contributed by atoms with Gasteiger partial charge in [0, 0.05) is 11.6 Å². The number of aliphatic hydroxyl groups excluding tert-OH is 1. The van der Waals surface area contributed by atoms with Crippen LogP contribution < -0.4 is 5.32 Å². The second-order valence-corrected chi connectivity index (χ2v) is 13.1. The zero-order valence-corrected chi connectivity index (χ0v) is 23.5. The van der Waals surface area contributed by atoms with Gasteiger partial charge < -0.3 is 19.7 Å². The number of rotatable bonds is 10. The summed E-state index contributed by atoms with van der Waals surface area (Å²) in [6.07, 6.45) is -1.54. The van der Waals surface area contributed by atoms with E-state index in [-0.39, 0.29) is 48.8 Å². The van der Waals surface area contributed by atoms with E-state index in [1.54, 1.807) is 31.2 Å². The van der Waals surface area contributed by atoms with Crippen LogP contribution in [0.3, 0.4) is 0 Å². The number of nitrogens with zero attached hydrogens (tertiary/aromatic N) is 2. The first-order valence-corrected chi connectivity index (χ1v) is 15.6. The van der Waals surface area contributed by atoms with E-state index in [4.69, 9.17) is 9.72 Å². The fourth-order valence-corrected chi connectivity index (χ4v) is 6.32. The molecular formula is C29H34F3N3O5S. The number of halogens is 3. The van der Waals surface area contributed by atoms with Crippen molar-refractivity contribution in [2.45, 2.75) is 81.3 Å². The van der Waals surface area contributed by atoms with E-state index in [0.29, 0.717) is 35.3 Å². The Morgan fingerprint density at radius 2 is 1.78 bits per heavy atom. The van der Waals surface area contributed by atoms with E-state index in [0.717, 1.165) is 18.4 Å². The minimum atomic E-state index is -4.16. The van der Waals surface area contributed by atoms with Gasteiger partial charge in [-0.3, -0.25) is 4.79 Å². The molecule has 0 spiro atoms. The molecule has 12 heteroatoms. The Kier molecular flexibility index (Phi) is 8.45. The predicted octanol–water partition coefficient (Wildman–Crippen LogP) is 5.27. The summed E-state index contributed by atoms with van der Waals surface area (Å²) in [5, 5.41) is 12.7. The molecule has 2 N–H and O–H groups in total. The second kappa shape index (κ2) is 11.7. The van der Waals surface area contributed by atoms with Gasteiger partial charge in [-0.25, -0.2) is 13.4 Å². The van der Waals surface area contributed by atoms with Crippen LogP contribution in [0.1, 0.15) is 79.3 Å². The molecule has 0 unspecified atom stereocenters. The van der Waals surface area contributed by atoms with Crippen LogP contribution >= 0.6 is 0 Å². The Bertz CT molecular complexity index is 1490. The van der Waals surface area contributed by atoms with Gasteiger partial charge in [-0.15, -0.1) is 0 Å².